The smallest absolute Gasteiger partial charge is 0.0400 e. The number of nitrogens with one attached hydrogen (secondary N) is 1. The molecular weight excluding hydrogens is 206 g/mol. The first-order valence-corrected chi connectivity index (χ1v) is 5.80. The first kappa shape index (κ1) is 11.5. The molecule has 0 radical (unpaired) electrons. The van der Waals surface area contributed by atoms with Crippen molar-refractivity contribution in [1.29, 1.82) is 0 Å². The van der Waals surface area contributed by atoms with E-state index in [-0.39, 0.29) is 0 Å². The number of anilines is 1. The van der Waals surface area contributed by atoms with E-state index in [1.54, 1.807) is 0 Å². The summed E-state index contributed by atoms with van der Waals surface area (Å²) in [6.07, 6.45) is 0. The van der Waals surface area contributed by atoms with Gasteiger partial charge in [-0.3, -0.25) is 0 Å². The van der Waals surface area contributed by atoms with Crippen LogP contribution in [-0.2, 0) is 0 Å². The van der Waals surface area contributed by atoms with Gasteiger partial charge in [0.25, 0.3) is 0 Å². The molecule has 86 valence electrons. The molecule has 2 aromatic carbocycles. The normalized spacial score (nSPS) is 9.94. The van der Waals surface area contributed by atoms with E-state index in [0.717, 1.165) is 12.1 Å². The van der Waals surface area contributed by atoms with Crippen molar-refractivity contribution in [1.82, 2.24) is 0 Å². The fourth-order valence-electron chi connectivity index (χ4n) is 1.75. The molecule has 0 atom stereocenters. The monoisotopic (exact) mass is 223 g/mol. The molecule has 0 fully saturated rings. The van der Waals surface area contributed by atoms with E-state index >= 15 is 0 Å². The number of hydrogen-bond donors (Lipinski definition) is 1. The van der Waals surface area contributed by atoms with Crippen LogP contribution in [0, 0.1) is 6.92 Å². The molecule has 0 aliphatic heterocycles. The summed E-state index contributed by atoms with van der Waals surface area (Å²) >= 11 is 0. The Hall–Kier alpha value is -2.02. The minimum Gasteiger partial charge on any atom is -0.381 e. The molecule has 0 saturated heterocycles. The van der Waals surface area contributed by atoms with Gasteiger partial charge in [0.2, 0.25) is 0 Å². The molecule has 1 nitrogen and oxygen atoms in total. The lowest BCUT2D eigenvalue weighted by Crippen LogP contribution is -2.04. The molecule has 0 spiro atoms. The Morgan fingerprint density at radius 2 is 1.65 bits per heavy atom. The molecular formula is C16H17N. The molecule has 17 heavy (non-hydrogen) atoms. The van der Waals surface area contributed by atoms with E-state index in [2.05, 4.69) is 43.1 Å². The standard InChI is InChI=1S/C16H17N/c1-13-8-6-7-11-16(13)17-12-14(2)15-9-4-3-5-10-15/h3-11,17H,2,12H2,1H3. The molecule has 0 saturated carbocycles. The largest absolute Gasteiger partial charge is 0.381 e. The Morgan fingerprint density at radius 3 is 2.35 bits per heavy atom. The van der Waals surface area contributed by atoms with Crippen molar-refractivity contribution in [2.24, 2.45) is 0 Å². The molecule has 0 unspecified atom stereocenters. The highest BCUT2D eigenvalue weighted by atomic mass is 14.9. The van der Waals surface area contributed by atoms with Crippen molar-refractivity contribution >= 4 is 11.3 Å². The average Bonchev–Trinajstić information content (AvgIpc) is 2.38. The lowest BCUT2D eigenvalue weighted by molar-refractivity contribution is 1.31. The van der Waals surface area contributed by atoms with E-state index in [1.807, 2.05) is 30.3 Å². The summed E-state index contributed by atoms with van der Waals surface area (Å²) in [5, 5.41) is 3.41. The van der Waals surface area contributed by atoms with E-state index in [4.69, 9.17) is 0 Å². The Labute approximate surface area is 103 Å². The maximum Gasteiger partial charge on any atom is 0.0400 e. The average molecular weight is 223 g/mol. The highest BCUT2D eigenvalue weighted by Crippen LogP contribution is 2.16. The molecule has 1 heteroatoms. The second-order valence-electron chi connectivity index (χ2n) is 4.14. The molecule has 0 bridgehead atoms. The second-order valence-corrected chi connectivity index (χ2v) is 4.14. The van der Waals surface area contributed by atoms with Crippen molar-refractivity contribution in [3.63, 3.8) is 0 Å². The van der Waals surface area contributed by atoms with Crippen LogP contribution in [0.4, 0.5) is 5.69 Å². The van der Waals surface area contributed by atoms with Gasteiger partial charge in [-0.15, -0.1) is 0 Å². The fourth-order valence-corrected chi connectivity index (χ4v) is 1.75. The molecule has 0 heterocycles. The topological polar surface area (TPSA) is 12.0 Å². The second kappa shape index (κ2) is 5.35. The maximum atomic E-state index is 4.11. The lowest BCUT2D eigenvalue weighted by atomic mass is 10.1. The van der Waals surface area contributed by atoms with Crippen molar-refractivity contribution in [3.05, 3.63) is 72.3 Å². The minimum absolute atomic E-state index is 0.773. The van der Waals surface area contributed by atoms with Crippen LogP contribution < -0.4 is 5.32 Å². The summed E-state index contributed by atoms with van der Waals surface area (Å²) < 4.78 is 0. The van der Waals surface area contributed by atoms with Crippen molar-refractivity contribution in [3.8, 4) is 0 Å². The van der Waals surface area contributed by atoms with Gasteiger partial charge in [-0.25, -0.2) is 0 Å². The Kier molecular flexibility index (Phi) is 3.61. The van der Waals surface area contributed by atoms with Gasteiger partial charge in [-0.1, -0.05) is 55.1 Å². The van der Waals surface area contributed by atoms with E-state index in [0.29, 0.717) is 0 Å². The summed E-state index contributed by atoms with van der Waals surface area (Å²) in [7, 11) is 0. The predicted molar refractivity (Wildman–Crippen MR) is 75.1 cm³/mol. The molecule has 0 aliphatic carbocycles. The van der Waals surface area contributed by atoms with E-state index in [1.165, 1.54) is 16.8 Å². The van der Waals surface area contributed by atoms with Crippen LogP contribution in [-0.4, -0.2) is 6.54 Å². The zero-order valence-electron chi connectivity index (χ0n) is 10.1. The summed E-state index contributed by atoms with van der Waals surface area (Å²) in [6, 6.07) is 18.5. The number of benzene rings is 2. The van der Waals surface area contributed by atoms with Gasteiger partial charge in [0.05, 0.1) is 0 Å². The molecule has 2 aromatic rings. The minimum atomic E-state index is 0.773. The molecule has 0 amide bonds. The number of aryl methyl sites for hydroxylation is 1. The Morgan fingerprint density at radius 1 is 1.00 bits per heavy atom. The van der Waals surface area contributed by atoms with E-state index in [9.17, 15) is 0 Å². The maximum absolute atomic E-state index is 4.11. The fraction of sp³-hybridized carbons (Fsp3) is 0.125. The summed E-state index contributed by atoms with van der Waals surface area (Å²) in [5.74, 6) is 0. The van der Waals surface area contributed by atoms with Crippen LogP contribution in [0.2, 0.25) is 0 Å². The third-order valence-corrected chi connectivity index (χ3v) is 2.82. The summed E-state index contributed by atoms with van der Waals surface area (Å²) in [6.45, 7) is 6.98. The van der Waals surface area contributed by atoms with Gasteiger partial charge >= 0.3 is 0 Å². The van der Waals surface area contributed by atoms with Crippen molar-refractivity contribution in [2.75, 3.05) is 11.9 Å². The van der Waals surface area contributed by atoms with Crippen molar-refractivity contribution in [2.45, 2.75) is 6.92 Å². The van der Waals surface area contributed by atoms with Gasteiger partial charge in [-0.2, -0.15) is 0 Å². The van der Waals surface area contributed by atoms with Gasteiger partial charge in [-0.05, 0) is 29.7 Å². The van der Waals surface area contributed by atoms with Crippen LogP contribution in [0.5, 0.6) is 0 Å². The first-order valence-electron chi connectivity index (χ1n) is 5.80. The zero-order valence-corrected chi connectivity index (χ0v) is 10.1. The third kappa shape index (κ3) is 2.97. The van der Waals surface area contributed by atoms with Gasteiger partial charge in [0, 0.05) is 12.2 Å². The summed E-state index contributed by atoms with van der Waals surface area (Å²) in [4.78, 5) is 0. The molecule has 2 rings (SSSR count). The number of para-hydroxylation sites is 1. The van der Waals surface area contributed by atoms with Crippen LogP contribution >= 0.6 is 0 Å². The van der Waals surface area contributed by atoms with Gasteiger partial charge < -0.3 is 5.32 Å². The number of hydrogen-bond acceptors (Lipinski definition) is 1. The van der Waals surface area contributed by atoms with Crippen LogP contribution in [0.1, 0.15) is 11.1 Å². The van der Waals surface area contributed by atoms with Gasteiger partial charge in [0.1, 0.15) is 0 Å². The van der Waals surface area contributed by atoms with Crippen LogP contribution in [0.25, 0.3) is 5.57 Å². The molecule has 0 aromatic heterocycles. The Bertz CT molecular complexity index is 500. The first-order chi connectivity index (χ1) is 8.27. The van der Waals surface area contributed by atoms with Crippen LogP contribution in [0.3, 0.4) is 0 Å². The lowest BCUT2D eigenvalue weighted by Gasteiger charge is -2.11. The highest BCUT2D eigenvalue weighted by Gasteiger charge is 1.99. The summed E-state index contributed by atoms with van der Waals surface area (Å²) in [5.41, 5.74) is 4.72. The quantitative estimate of drug-likeness (QED) is 0.822. The molecule has 1 N–H and O–H groups in total. The SMILES string of the molecule is C=C(CNc1ccccc1C)c1ccccc1. The van der Waals surface area contributed by atoms with Crippen molar-refractivity contribution < 1.29 is 0 Å². The van der Waals surface area contributed by atoms with Crippen LogP contribution in [0.15, 0.2) is 61.2 Å². The highest BCUT2D eigenvalue weighted by molar-refractivity contribution is 5.68. The Balaban J connectivity index is 2.00. The molecule has 0 aliphatic rings. The number of rotatable bonds is 4. The zero-order chi connectivity index (χ0) is 12.1. The van der Waals surface area contributed by atoms with Gasteiger partial charge in [0.15, 0.2) is 0 Å². The third-order valence-electron chi connectivity index (χ3n) is 2.82. The van der Waals surface area contributed by atoms with E-state index < -0.39 is 0 Å². The predicted octanol–water partition coefficient (Wildman–Crippen LogP) is 4.12.